The molecule has 5 atom stereocenters. The number of aliphatic hydroxyl groups is 1. The summed E-state index contributed by atoms with van der Waals surface area (Å²) in [4.78, 5) is 39.8. The number of aliphatic hydroxyl groups excluding tert-OH is 1. The average Bonchev–Trinajstić information content (AvgIpc) is 3.05. The molecule has 4 aromatic carbocycles. The van der Waals surface area contributed by atoms with Crippen molar-refractivity contribution < 1.29 is 38.4 Å². The van der Waals surface area contributed by atoms with Crippen molar-refractivity contribution in [3.63, 3.8) is 0 Å². The smallest absolute Gasteiger partial charge is 0.338 e. The van der Waals surface area contributed by atoms with Crippen LogP contribution < -0.4 is 0 Å². The molecule has 0 unspecified atom stereocenters. The lowest BCUT2D eigenvalue weighted by Crippen LogP contribution is -2.60. The highest BCUT2D eigenvalue weighted by molar-refractivity contribution is 7.99. The van der Waals surface area contributed by atoms with E-state index in [1.165, 1.54) is 11.8 Å². The number of rotatable bonds is 9. The van der Waals surface area contributed by atoms with Gasteiger partial charge in [0.2, 0.25) is 0 Å². The average molecular weight is 599 g/mol. The van der Waals surface area contributed by atoms with Gasteiger partial charge in [-0.3, -0.25) is 0 Å². The molecule has 0 spiro atoms. The van der Waals surface area contributed by atoms with E-state index >= 15 is 0 Å². The minimum atomic E-state index is -1.52. The van der Waals surface area contributed by atoms with E-state index in [4.69, 9.17) is 18.9 Å². The molecule has 0 amide bonds. The van der Waals surface area contributed by atoms with Crippen LogP contribution in [0.25, 0.3) is 0 Å². The fraction of sp³-hybridized carbons (Fsp3) is 0.206. The number of carbonyl (C=O) groups excluding carboxylic acids is 3. The summed E-state index contributed by atoms with van der Waals surface area (Å²) in [6.45, 7) is 1.63. The molecular formula is C34H30O8S. The van der Waals surface area contributed by atoms with Crippen molar-refractivity contribution in [1.82, 2.24) is 0 Å². The quantitative estimate of drug-likeness (QED) is 0.198. The van der Waals surface area contributed by atoms with Crippen molar-refractivity contribution in [3.8, 4) is 0 Å². The third-order valence-electron chi connectivity index (χ3n) is 6.78. The second kappa shape index (κ2) is 14.2. The number of ether oxygens (including phenoxy) is 4. The van der Waals surface area contributed by atoms with Crippen LogP contribution in [0.3, 0.4) is 0 Å². The van der Waals surface area contributed by atoms with E-state index < -0.39 is 47.8 Å². The molecule has 1 heterocycles. The topological polar surface area (TPSA) is 108 Å². The SMILES string of the molecule is Cc1ccc(S[C@H]2O[C@H](COC(=O)c3ccccc3)[C@@H](OC(=O)c3ccccc3)[C@H](O)[C@@H]2OC(=O)c2ccccc2)cc1. The van der Waals surface area contributed by atoms with Crippen molar-refractivity contribution in [2.45, 2.75) is 41.7 Å². The predicted molar refractivity (Wildman–Crippen MR) is 160 cm³/mol. The lowest BCUT2D eigenvalue weighted by Gasteiger charge is -2.43. The Kier molecular flexibility index (Phi) is 9.88. The number of thioether (sulfide) groups is 1. The summed E-state index contributed by atoms with van der Waals surface area (Å²) in [5, 5.41) is 11.7. The fourth-order valence-electron chi connectivity index (χ4n) is 4.49. The maximum Gasteiger partial charge on any atom is 0.338 e. The van der Waals surface area contributed by atoms with Crippen LogP contribution in [0.5, 0.6) is 0 Å². The zero-order chi connectivity index (χ0) is 30.2. The molecule has 1 fully saturated rings. The molecule has 8 nitrogen and oxygen atoms in total. The van der Waals surface area contributed by atoms with Crippen LogP contribution in [-0.2, 0) is 18.9 Å². The zero-order valence-corrected chi connectivity index (χ0v) is 24.1. The summed E-state index contributed by atoms with van der Waals surface area (Å²) < 4.78 is 23.5. The van der Waals surface area contributed by atoms with Crippen LogP contribution in [0, 0.1) is 6.92 Å². The molecule has 0 radical (unpaired) electrons. The van der Waals surface area contributed by atoms with Crippen molar-refractivity contribution >= 4 is 29.7 Å². The van der Waals surface area contributed by atoms with Crippen LogP contribution in [-0.4, -0.2) is 59.5 Å². The van der Waals surface area contributed by atoms with Gasteiger partial charge in [0.1, 0.15) is 24.3 Å². The third kappa shape index (κ3) is 7.70. The van der Waals surface area contributed by atoms with E-state index in [2.05, 4.69) is 0 Å². The van der Waals surface area contributed by atoms with Crippen LogP contribution in [0.15, 0.2) is 120 Å². The van der Waals surface area contributed by atoms with Gasteiger partial charge in [0.05, 0.1) is 16.7 Å². The van der Waals surface area contributed by atoms with E-state index in [-0.39, 0.29) is 17.7 Å². The summed E-state index contributed by atoms with van der Waals surface area (Å²) in [5.74, 6) is -2.00. The number of carbonyl (C=O) groups is 3. The van der Waals surface area contributed by atoms with Crippen molar-refractivity contribution in [2.24, 2.45) is 0 Å². The Hall–Kier alpha value is -4.44. The van der Waals surface area contributed by atoms with E-state index in [0.29, 0.717) is 5.56 Å². The first-order valence-corrected chi connectivity index (χ1v) is 14.6. The van der Waals surface area contributed by atoms with Crippen LogP contribution in [0.1, 0.15) is 36.6 Å². The monoisotopic (exact) mass is 598 g/mol. The Morgan fingerprint density at radius 3 is 1.65 bits per heavy atom. The Bertz CT molecular complexity index is 1510. The molecule has 43 heavy (non-hydrogen) atoms. The largest absolute Gasteiger partial charge is 0.459 e. The van der Waals surface area contributed by atoms with Gasteiger partial charge in [-0.25, -0.2) is 14.4 Å². The van der Waals surface area contributed by atoms with E-state index in [1.54, 1.807) is 91.0 Å². The summed E-state index contributed by atoms with van der Waals surface area (Å²) in [6.07, 6.45) is -5.17. The molecule has 1 aliphatic heterocycles. The van der Waals surface area contributed by atoms with Gasteiger partial charge in [-0.1, -0.05) is 84.1 Å². The summed E-state index contributed by atoms with van der Waals surface area (Å²) in [6, 6.07) is 32.7. The number of aryl methyl sites for hydroxylation is 1. The third-order valence-corrected chi connectivity index (χ3v) is 7.94. The van der Waals surface area contributed by atoms with Gasteiger partial charge in [0, 0.05) is 4.90 Å². The highest BCUT2D eigenvalue weighted by atomic mass is 32.2. The number of hydrogen-bond acceptors (Lipinski definition) is 9. The van der Waals surface area contributed by atoms with Crippen molar-refractivity contribution in [3.05, 3.63) is 138 Å². The van der Waals surface area contributed by atoms with E-state index in [0.717, 1.165) is 10.5 Å². The first kappa shape index (κ1) is 30.0. The molecule has 1 aliphatic rings. The molecular weight excluding hydrogens is 568 g/mol. The maximum atomic E-state index is 13.1. The molecule has 5 rings (SSSR count). The lowest BCUT2D eigenvalue weighted by atomic mass is 9.99. The van der Waals surface area contributed by atoms with Crippen LogP contribution in [0.2, 0.25) is 0 Å². The van der Waals surface area contributed by atoms with Gasteiger partial charge in [-0.15, -0.1) is 0 Å². The standard InChI is InChI=1S/C34H30O8S/c1-22-17-19-26(20-18-22)43-34-30(42-33(38)25-15-9-4-10-16-25)28(35)29(41-32(37)24-13-7-3-8-14-24)27(40-34)21-39-31(36)23-11-5-2-6-12-23/h2-20,27-30,34-35H,21H2,1H3/t27-,28+,29-,30+,34-/m1/s1. The Labute approximate surface area is 253 Å². The Morgan fingerprint density at radius 1 is 0.674 bits per heavy atom. The molecule has 4 aromatic rings. The van der Waals surface area contributed by atoms with Gasteiger partial charge in [-0.2, -0.15) is 0 Å². The maximum absolute atomic E-state index is 13.1. The van der Waals surface area contributed by atoms with Gasteiger partial charge in [-0.05, 0) is 55.5 Å². The van der Waals surface area contributed by atoms with Gasteiger partial charge >= 0.3 is 17.9 Å². The number of esters is 3. The number of hydrogen-bond donors (Lipinski definition) is 1. The molecule has 9 heteroatoms. The molecule has 220 valence electrons. The fourth-order valence-corrected chi connectivity index (χ4v) is 5.60. The summed E-state index contributed by atoms with van der Waals surface area (Å²) >= 11 is 1.23. The summed E-state index contributed by atoms with van der Waals surface area (Å²) in [7, 11) is 0. The highest BCUT2D eigenvalue weighted by Gasteiger charge is 2.50. The van der Waals surface area contributed by atoms with E-state index in [9.17, 15) is 19.5 Å². The first-order chi connectivity index (χ1) is 20.9. The van der Waals surface area contributed by atoms with Gasteiger partial charge in [0.25, 0.3) is 0 Å². The Morgan fingerprint density at radius 2 is 1.14 bits per heavy atom. The molecule has 0 aliphatic carbocycles. The normalized spacial score (nSPS) is 21.4. The van der Waals surface area contributed by atoms with Crippen LogP contribution in [0.4, 0.5) is 0 Å². The molecule has 0 saturated carbocycles. The van der Waals surface area contributed by atoms with Gasteiger partial charge < -0.3 is 24.1 Å². The van der Waals surface area contributed by atoms with E-state index in [1.807, 2.05) is 31.2 Å². The summed E-state index contributed by atoms with van der Waals surface area (Å²) in [5.41, 5.74) is 0.989. The molecule has 0 bridgehead atoms. The van der Waals surface area contributed by atoms with Crippen molar-refractivity contribution in [1.29, 1.82) is 0 Å². The first-order valence-electron chi connectivity index (χ1n) is 13.7. The number of benzene rings is 4. The molecule has 1 saturated heterocycles. The second-order valence-electron chi connectivity index (χ2n) is 9.90. The van der Waals surface area contributed by atoms with Gasteiger partial charge in [0.15, 0.2) is 12.2 Å². The molecule has 1 N–H and O–H groups in total. The second-order valence-corrected chi connectivity index (χ2v) is 11.1. The minimum absolute atomic E-state index is 0.253. The minimum Gasteiger partial charge on any atom is -0.459 e. The highest BCUT2D eigenvalue weighted by Crippen LogP contribution is 2.37. The van der Waals surface area contributed by atoms with Crippen LogP contribution >= 0.6 is 11.8 Å². The Balaban J connectivity index is 1.44. The predicted octanol–water partition coefficient (Wildman–Crippen LogP) is 5.48. The van der Waals surface area contributed by atoms with Crippen molar-refractivity contribution in [2.75, 3.05) is 6.61 Å². The lowest BCUT2D eigenvalue weighted by molar-refractivity contribution is -0.206. The molecule has 0 aromatic heterocycles. The zero-order valence-electron chi connectivity index (χ0n) is 23.3.